The Morgan fingerprint density at radius 3 is 1.02 bits per heavy atom. The average molecular weight is 549 g/mol. The Morgan fingerprint density at radius 1 is 0.475 bits per heavy atom. The van der Waals surface area contributed by atoms with Crippen LogP contribution < -0.4 is 46.4 Å². The van der Waals surface area contributed by atoms with Crippen molar-refractivity contribution in [2.45, 2.75) is 0 Å². The Hall–Kier alpha value is -4.57. The van der Waals surface area contributed by atoms with Crippen molar-refractivity contribution >= 4 is 17.1 Å². The molecule has 0 aromatic heterocycles. The summed E-state index contributed by atoms with van der Waals surface area (Å²) in [7, 11) is 4.66. The largest absolute Gasteiger partial charge is 0.497 e. The van der Waals surface area contributed by atoms with Crippen LogP contribution >= 0.6 is 0 Å². The van der Waals surface area contributed by atoms with E-state index in [1.165, 1.54) is 18.2 Å². The Kier molecular flexibility index (Phi) is 11.8. The van der Waals surface area contributed by atoms with Crippen molar-refractivity contribution in [3.05, 3.63) is 103 Å². The molecule has 40 heavy (non-hydrogen) atoms. The number of rotatable bonds is 15. The first-order valence-electron chi connectivity index (χ1n) is 12.9. The zero-order valence-corrected chi connectivity index (χ0v) is 23.1. The highest BCUT2D eigenvalue weighted by molar-refractivity contribution is 5.46. The Bertz CT molecular complexity index is 1260. The number of anilines is 3. The van der Waals surface area contributed by atoms with Gasteiger partial charge in [-0.15, -0.1) is 0 Å². The molecule has 3 N–H and O–H groups in total. The highest BCUT2D eigenvalue weighted by atomic mass is 16.5. The Labute approximate surface area is 233 Å². The first kappa shape index (κ1) is 30.0. The van der Waals surface area contributed by atoms with Crippen molar-refractivity contribution in [3.8, 4) is 17.2 Å². The summed E-state index contributed by atoms with van der Waals surface area (Å²) >= 11 is 0. The number of ether oxygens (including phenoxy) is 3. The predicted octanol–water partition coefficient (Wildman–Crippen LogP) is 2.73. The van der Waals surface area contributed by atoms with Crippen molar-refractivity contribution in [3.63, 3.8) is 0 Å². The molecule has 0 atom stereocenters. The van der Waals surface area contributed by atoms with Crippen LogP contribution in [0.15, 0.2) is 87.2 Å². The van der Waals surface area contributed by atoms with Crippen molar-refractivity contribution in [2.24, 2.45) is 0 Å². The average Bonchev–Trinajstić information content (AvgIpc) is 3.35. The van der Waals surface area contributed by atoms with Crippen molar-refractivity contribution < 1.29 is 14.2 Å². The molecule has 10 nitrogen and oxygen atoms in total. The standard InChI is InChI=1S/C30H36N4O6/c1-38-22-4-10-25(28(35)13-7-22)31-16-19-34(20-17-32-26-11-5-23(39-2)8-14-29(26)36)21-18-33-27-12-6-24(40-3)9-15-30(27)37/h4-15H,16-21H2,1-3H3,(H,31,35)(H,32,36)(H,33,37). The van der Waals surface area contributed by atoms with Gasteiger partial charge in [-0.1, -0.05) is 0 Å². The van der Waals surface area contributed by atoms with E-state index >= 15 is 0 Å². The monoisotopic (exact) mass is 548 g/mol. The van der Waals surface area contributed by atoms with Gasteiger partial charge in [-0.2, -0.15) is 0 Å². The summed E-state index contributed by atoms with van der Waals surface area (Å²) in [5.74, 6) is 1.79. The smallest absolute Gasteiger partial charge is 0.201 e. The minimum atomic E-state index is -0.135. The summed E-state index contributed by atoms with van der Waals surface area (Å²) in [6.45, 7) is 3.36. The second kappa shape index (κ2) is 15.7. The van der Waals surface area contributed by atoms with E-state index in [0.717, 1.165) is 0 Å². The lowest BCUT2D eigenvalue weighted by Crippen LogP contribution is -2.37. The molecule has 0 saturated carbocycles. The number of nitrogens with zero attached hydrogens (tertiary/aromatic N) is 1. The molecule has 0 saturated heterocycles. The van der Waals surface area contributed by atoms with Gasteiger partial charge in [0.15, 0.2) is 0 Å². The summed E-state index contributed by atoms with van der Waals surface area (Å²) in [5.41, 5.74) is 1.02. The molecule has 0 fully saturated rings. The molecule has 0 bridgehead atoms. The quantitative estimate of drug-likeness (QED) is 0.262. The molecule has 0 aliphatic rings. The topological polar surface area (TPSA) is 118 Å². The summed E-state index contributed by atoms with van der Waals surface area (Å²) in [4.78, 5) is 39.4. The van der Waals surface area contributed by atoms with Gasteiger partial charge in [0, 0.05) is 39.3 Å². The molecule has 0 heterocycles. The third kappa shape index (κ3) is 9.32. The maximum absolute atomic E-state index is 12.4. The summed E-state index contributed by atoms with van der Waals surface area (Å²) < 4.78 is 15.6. The van der Waals surface area contributed by atoms with Gasteiger partial charge in [0.2, 0.25) is 16.3 Å². The van der Waals surface area contributed by atoms with E-state index in [2.05, 4.69) is 20.9 Å². The molecule has 3 rings (SSSR count). The van der Waals surface area contributed by atoms with E-state index in [0.29, 0.717) is 73.6 Å². The lowest BCUT2D eigenvalue weighted by molar-refractivity contribution is 0.306. The van der Waals surface area contributed by atoms with Gasteiger partial charge in [-0.05, 0) is 72.8 Å². The lowest BCUT2D eigenvalue weighted by atomic mass is 10.3. The third-order valence-electron chi connectivity index (χ3n) is 6.17. The lowest BCUT2D eigenvalue weighted by Gasteiger charge is -2.23. The van der Waals surface area contributed by atoms with Crippen LogP contribution in [0.4, 0.5) is 17.1 Å². The van der Waals surface area contributed by atoms with Crippen LogP contribution in [0.25, 0.3) is 0 Å². The zero-order valence-electron chi connectivity index (χ0n) is 23.1. The summed E-state index contributed by atoms with van der Waals surface area (Å²) in [6.07, 6.45) is 0. The zero-order chi connectivity index (χ0) is 28.7. The first-order chi connectivity index (χ1) is 19.4. The predicted molar refractivity (Wildman–Crippen MR) is 160 cm³/mol. The van der Waals surface area contributed by atoms with Gasteiger partial charge >= 0.3 is 0 Å². The highest BCUT2D eigenvalue weighted by Gasteiger charge is 2.08. The van der Waals surface area contributed by atoms with E-state index < -0.39 is 0 Å². The second-order valence-corrected chi connectivity index (χ2v) is 8.78. The van der Waals surface area contributed by atoms with E-state index in [-0.39, 0.29) is 16.3 Å². The molecular weight excluding hydrogens is 512 g/mol. The van der Waals surface area contributed by atoms with E-state index in [1.807, 2.05) is 0 Å². The van der Waals surface area contributed by atoms with Crippen LogP contribution in [-0.4, -0.2) is 65.5 Å². The molecule has 0 unspecified atom stereocenters. The van der Waals surface area contributed by atoms with Gasteiger partial charge in [-0.3, -0.25) is 19.3 Å². The van der Waals surface area contributed by atoms with Crippen LogP contribution in [0.2, 0.25) is 0 Å². The fraction of sp³-hybridized carbons (Fsp3) is 0.300. The van der Waals surface area contributed by atoms with Gasteiger partial charge in [0.1, 0.15) is 17.2 Å². The molecule has 212 valence electrons. The molecule has 3 aromatic carbocycles. The van der Waals surface area contributed by atoms with Gasteiger partial charge < -0.3 is 30.2 Å². The molecule has 0 spiro atoms. The maximum Gasteiger partial charge on any atom is 0.201 e. The fourth-order valence-electron chi connectivity index (χ4n) is 3.88. The van der Waals surface area contributed by atoms with E-state index in [4.69, 9.17) is 14.2 Å². The molecule has 0 amide bonds. The van der Waals surface area contributed by atoms with Gasteiger partial charge in [-0.25, -0.2) is 0 Å². The Balaban J connectivity index is 1.65. The molecule has 3 aromatic rings. The SMILES string of the molecule is COc1ccc(NCCN(CCNc2ccc(OC)ccc2=O)CCNc2ccc(OC)ccc2=O)c(=O)cc1. The number of hydrogen-bond donors (Lipinski definition) is 3. The molecule has 0 aliphatic carbocycles. The van der Waals surface area contributed by atoms with Crippen LogP contribution in [0.1, 0.15) is 0 Å². The number of methoxy groups -OCH3 is 3. The summed E-state index contributed by atoms with van der Waals surface area (Å²) in [5, 5.41) is 9.61. The van der Waals surface area contributed by atoms with Crippen molar-refractivity contribution in [2.75, 3.05) is 76.5 Å². The Morgan fingerprint density at radius 2 is 0.750 bits per heavy atom. The second-order valence-electron chi connectivity index (χ2n) is 8.78. The first-order valence-corrected chi connectivity index (χ1v) is 12.9. The van der Waals surface area contributed by atoms with E-state index in [1.54, 1.807) is 75.9 Å². The minimum Gasteiger partial charge on any atom is -0.497 e. The van der Waals surface area contributed by atoms with Crippen LogP contribution in [0.3, 0.4) is 0 Å². The fourth-order valence-corrected chi connectivity index (χ4v) is 3.88. The highest BCUT2D eigenvalue weighted by Crippen LogP contribution is 2.11. The number of nitrogens with one attached hydrogen (secondary N) is 3. The van der Waals surface area contributed by atoms with Crippen molar-refractivity contribution in [1.82, 2.24) is 4.90 Å². The van der Waals surface area contributed by atoms with Gasteiger partial charge in [0.05, 0.1) is 38.4 Å². The van der Waals surface area contributed by atoms with Gasteiger partial charge in [0.25, 0.3) is 0 Å². The minimum absolute atomic E-state index is 0.135. The molecule has 0 radical (unpaired) electrons. The maximum atomic E-state index is 12.4. The summed E-state index contributed by atoms with van der Waals surface area (Å²) in [6, 6.07) is 19.6. The van der Waals surface area contributed by atoms with E-state index in [9.17, 15) is 14.4 Å². The van der Waals surface area contributed by atoms with Crippen molar-refractivity contribution in [1.29, 1.82) is 0 Å². The normalized spacial score (nSPS) is 10.5. The number of hydrogen-bond acceptors (Lipinski definition) is 10. The van der Waals surface area contributed by atoms with Crippen LogP contribution in [-0.2, 0) is 0 Å². The molecular formula is C30H36N4O6. The third-order valence-corrected chi connectivity index (χ3v) is 6.17. The van der Waals surface area contributed by atoms with Crippen LogP contribution in [0.5, 0.6) is 17.2 Å². The molecule has 10 heteroatoms. The molecule has 0 aliphatic heterocycles. The van der Waals surface area contributed by atoms with Crippen LogP contribution in [0, 0.1) is 0 Å².